The number of nitrogens with zero attached hydrogens (tertiary/aromatic N) is 1. The highest BCUT2D eigenvalue weighted by atomic mass is 32.1. The minimum Gasteiger partial charge on any atom is -0.495 e. The lowest BCUT2D eigenvalue weighted by Crippen LogP contribution is -2.47. The molecule has 7 heteroatoms. The van der Waals surface area contributed by atoms with Crippen molar-refractivity contribution >= 4 is 34.0 Å². The van der Waals surface area contributed by atoms with E-state index in [1.165, 1.54) is 33.6 Å². The molecular formula is C35H29N3O3S. The van der Waals surface area contributed by atoms with Gasteiger partial charge >= 0.3 is 0 Å². The Morgan fingerprint density at radius 2 is 1.45 bits per heavy atom. The number of anilines is 2. The van der Waals surface area contributed by atoms with Crippen molar-refractivity contribution in [2.24, 2.45) is 5.41 Å². The van der Waals surface area contributed by atoms with Gasteiger partial charge in [-0.05, 0) is 59.9 Å². The lowest BCUT2D eigenvalue weighted by atomic mass is 9.52. The number of nitrogens with one attached hydrogen (secondary N) is 2. The van der Waals surface area contributed by atoms with Gasteiger partial charge in [-0.2, -0.15) is 0 Å². The molecule has 1 heterocycles. The van der Waals surface area contributed by atoms with Crippen molar-refractivity contribution in [3.05, 3.63) is 130 Å². The van der Waals surface area contributed by atoms with E-state index in [-0.39, 0.29) is 23.7 Å². The molecule has 0 fully saturated rings. The number of carbonyl (C=O) groups excluding carboxylic acids is 2. The molecule has 8 rings (SSSR count). The highest BCUT2D eigenvalue weighted by molar-refractivity contribution is 7.14. The van der Waals surface area contributed by atoms with E-state index in [9.17, 15) is 9.59 Å². The highest BCUT2D eigenvalue weighted by Crippen LogP contribution is 2.61. The van der Waals surface area contributed by atoms with Crippen LogP contribution in [0.2, 0.25) is 0 Å². The van der Waals surface area contributed by atoms with Crippen LogP contribution in [0, 0.1) is 5.41 Å². The van der Waals surface area contributed by atoms with Crippen molar-refractivity contribution in [1.82, 2.24) is 4.98 Å². The number of methoxy groups -OCH3 is 1. The maximum atomic E-state index is 14.0. The van der Waals surface area contributed by atoms with Gasteiger partial charge in [0.2, 0.25) is 5.91 Å². The summed E-state index contributed by atoms with van der Waals surface area (Å²) in [7, 11) is 1.57. The Bertz CT molecular complexity index is 1780. The summed E-state index contributed by atoms with van der Waals surface area (Å²) in [6, 6.07) is 31.7. The Labute approximate surface area is 248 Å². The molecular weight excluding hydrogens is 542 g/mol. The summed E-state index contributed by atoms with van der Waals surface area (Å²) in [5.74, 6) is 0.552. The van der Waals surface area contributed by atoms with E-state index in [0.29, 0.717) is 22.1 Å². The molecule has 0 spiro atoms. The van der Waals surface area contributed by atoms with E-state index in [0.717, 1.165) is 17.7 Å². The quantitative estimate of drug-likeness (QED) is 0.219. The standard InChI is InChI=1S/C35H29N3O3S/c1-35(19-27-23-9-3-5-11-25(23)31(35)26-12-6-4-10-24(26)27)33(40)38-34-37-29(20-42-34)21-15-17-22(18-16-21)32(39)36-28-13-7-8-14-30(28)41-2/h3-18,20,27,31H,19H2,1-2H3,(H,36,39)(H,37,38,40). The maximum Gasteiger partial charge on any atom is 0.255 e. The van der Waals surface area contributed by atoms with Gasteiger partial charge in [-0.1, -0.05) is 72.8 Å². The van der Waals surface area contributed by atoms with Gasteiger partial charge < -0.3 is 15.4 Å². The summed E-state index contributed by atoms with van der Waals surface area (Å²) in [6.45, 7) is 2.09. The van der Waals surface area contributed by atoms with E-state index in [1.54, 1.807) is 31.4 Å². The molecule has 1 unspecified atom stereocenters. The number of thiazole rings is 1. The fourth-order valence-corrected chi connectivity index (χ4v) is 7.34. The summed E-state index contributed by atoms with van der Waals surface area (Å²) in [5.41, 5.74) is 7.32. The van der Waals surface area contributed by atoms with Crippen LogP contribution in [0.1, 0.15) is 57.8 Å². The van der Waals surface area contributed by atoms with Crippen molar-refractivity contribution in [3.8, 4) is 17.0 Å². The van der Waals surface area contributed by atoms with E-state index in [4.69, 9.17) is 9.72 Å². The smallest absolute Gasteiger partial charge is 0.255 e. The number of amides is 2. The number of hydrogen-bond donors (Lipinski definition) is 2. The van der Waals surface area contributed by atoms with E-state index in [2.05, 4.69) is 66.1 Å². The van der Waals surface area contributed by atoms with Gasteiger partial charge in [0.1, 0.15) is 5.75 Å². The predicted octanol–water partition coefficient (Wildman–Crippen LogP) is 7.70. The lowest BCUT2D eigenvalue weighted by Gasteiger charge is -2.50. The Hall–Kier alpha value is -4.75. The molecule has 0 saturated heterocycles. The fourth-order valence-electron chi connectivity index (χ4n) is 6.63. The number of ether oxygens (including phenoxy) is 1. The third kappa shape index (κ3) is 4.28. The summed E-state index contributed by atoms with van der Waals surface area (Å²) < 4.78 is 5.33. The Morgan fingerprint density at radius 1 is 0.833 bits per heavy atom. The number of benzene rings is 4. The number of fused-ring (bicyclic) bond motifs is 1. The van der Waals surface area contributed by atoms with E-state index >= 15 is 0 Å². The van der Waals surface area contributed by atoms with Crippen molar-refractivity contribution in [3.63, 3.8) is 0 Å². The first-order valence-electron chi connectivity index (χ1n) is 14.0. The second-order valence-corrected chi connectivity index (χ2v) is 11.9. The number of hydrogen-bond acceptors (Lipinski definition) is 5. The van der Waals surface area contributed by atoms with Gasteiger partial charge in [-0.3, -0.25) is 9.59 Å². The van der Waals surface area contributed by atoms with Gasteiger partial charge in [-0.15, -0.1) is 11.3 Å². The molecule has 2 N–H and O–H groups in total. The predicted molar refractivity (Wildman–Crippen MR) is 166 cm³/mol. The largest absolute Gasteiger partial charge is 0.495 e. The van der Waals surface area contributed by atoms with Gasteiger partial charge in [0.05, 0.1) is 23.9 Å². The fraction of sp³-hybridized carbons (Fsp3) is 0.171. The molecule has 2 bridgehead atoms. The van der Waals surface area contributed by atoms with Crippen LogP contribution in [0.3, 0.4) is 0 Å². The lowest BCUT2D eigenvalue weighted by molar-refractivity contribution is -0.126. The first-order chi connectivity index (χ1) is 20.5. The zero-order valence-electron chi connectivity index (χ0n) is 23.3. The Balaban J connectivity index is 1.09. The van der Waals surface area contributed by atoms with E-state index < -0.39 is 5.41 Å². The minimum atomic E-state index is -0.602. The topological polar surface area (TPSA) is 80.3 Å². The summed E-state index contributed by atoms with van der Waals surface area (Å²) in [6.07, 6.45) is 0.758. The Morgan fingerprint density at radius 3 is 2.12 bits per heavy atom. The second kappa shape index (κ2) is 10.3. The normalized spacial score (nSPS) is 19.9. The molecule has 3 aliphatic carbocycles. The van der Waals surface area contributed by atoms with E-state index in [1.807, 2.05) is 29.6 Å². The van der Waals surface area contributed by atoms with Crippen LogP contribution in [0.15, 0.2) is 102 Å². The second-order valence-electron chi connectivity index (χ2n) is 11.1. The molecule has 208 valence electrons. The first kappa shape index (κ1) is 26.2. The number of aromatic nitrogens is 1. The Kier molecular flexibility index (Phi) is 6.39. The van der Waals surface area contributed by atoms with Crippen LogP contribution in [-0.2, 0) is 4.79 Å². The molecule has 0 saturated carbocycles. The van der Waals surface area contributed by atoms with Crippen molar-refractivity contribution in [1.29, 1.82) is 0 Å². The zero-order valence-corrected chi connectivity index (χ0v) is 24.1. The molecule has 2 amide bonds. The first-order valence-corrected chi connectivity index (χ1v) is 14.8. The maximum absolute atomic E-state index is 14.0. The van der Waals surface area contributed by atoms with Crippen LogP contribution in [0.5, 0.6) is 5.75 Å². The third-order valence-electron chi connectivity index (χ3n) is 8.67. The summed E-state index contributed by atoms with van der Waals surface area (Å²) in [4.78, 5) is 31.5. The van der Waals surface area contributed by atoms with Crippen LogP contribution in [0.4, 0.5) is 10.8 Å². The average Bonchev–Trinajstić information content (AvgIpc) is 3.50. The SMILES string of the molecule is COc1ccccc1NC(=O)c1ccc(-c2csc(NC(=O)C3(C)CC4c5ccccc5C3c3ccccc34)n2)cc1. The molecule has 5 aromatic rings. The van der Waals surface area contributed by atoms with Crippen molar-refractivity contribution in [2.75, 3.05) is 17.7 Å². The van der Waals surface area contributed by atoms with Gasteiger partial charge in [0.25, 0.3) is 5.91 Å². The summed E-state index contributed by atoms with van der Waals surface area (Å²) in [5, 5.41) is 8.54. The molecule has 0 aliphatic heterocycles. The number of para-hydroxylation sites is 2. The van der Waals surface area contributed by atoms with Crippen LogP contribution in [-0.4, -0.2) is 23.9 Å². The molecule has 1 aromatic heterocycles. The molecule has 6 nitrogen and oxygen atoms in total. The number of carbonyl (C=O) groups is 2. The van der Waals surface area contributed by atoms with Gasteiger partial charge in [0.15, 0.2) is 5.13 Å². The average molecular weight is 572 g/mol. The monoisotopic (exact) mass is 571 g/mol. The van der Waals surface area contributed by atoms with Crippen LogP contribution < -0.4 is 15.4 Å². The van der Waals surface area contributed by atoms with Crippen molar-refractivity contribution in [2.45, 2.75) is 25.2 Å². The highest BCUT2D eigenvalue weighted by Gasteiger charge is 2.54. The number of rotatable bonds is 6. The summed E-state index contributed by atoms with van der Waals surface area (Å²) >= 11 is 1.41. The van der Waals surface area contributed by atoms with Crippen LogP contribution >= 0.6 is 11.3 Å². The molecule has 3 aliphatic rings. The molecule has 1 atom stereocenters. The third-order valence-corrected chi connectivity index (χ3v) is 9.43. The molecule has 0 radical (unpaired) electrons. The van der Waals surface area contributed by atoms with Crippen LogP contribution in [0.25, 0.3) is 11.3 Å². The zero-order chi connectivity index (χ0) is 28.8. The minimum absolute atomic E-state index is 0.00855. The van der Waals surface area contributed by atoms with Crippen molar-refractivity contribution < 1.29 is 14.3 Å². The molecule has 4 aromatic carbocycles. The molecule has 42 heavy (non-hydrogen) atoms. The van der Waals surface area contributed by atoms with Gasteiger partial charge in [-0.25, -0.2) is 4.98 Å². The van der Waals surface area contributed by atoms with Gasteiger partial charge in [0, 0.05) is 28.3 Å².